The average Bonchev–Trinajstić information content (AvgIpc) is 3.15. The molecule has 104 valence electrons. The van der Waals surface area contributed by atoms with Crippen LogP contribution in [0.1, 0.15) is 25.0 Å². The van der Waals surface area contributed by atoms with Crippen LogP contribution >= 0.6 is 0 Å². The highest BCUT2D eigenvalue weighted by molar-refractivity contribution is 5.10. The molecule has 0 spiro atoms. The summed E-state index contributed by atoms with van der Waals surface area (Å²) in [5.74, 6) is 3.52. The van der Waals surface area contributed by atoms with Crippen molar-refractivity contribution < 1.29 is 9.15 Å². The molecule has 19 heavy (non-hydrogen) atoms. The molecule has 0 aliphatic heterocycles. The van der Waals surface area contributed by atoms with Gasteiger partial charge in [0.15, 0.2) is 0 Å². The minimum absolute atomic E-state index is 0.587. The summed E-state index contributed by atoms with van der Waals surface area (Å²) in [7, 11) is 0. The van der Waals surface area contributed by atoms with Crippen LogP contribution in [0.2, 0.25) is 0 Å². The van der Waals surface area contributed by atoms with Crippen molar-refractivity contribution in [3.63, 3.8) is 0 Å². The van der Waals surface area contributed by atoms with E-state index >= 15 is 0 Å². The van der Waals surface area contributed by atoms with Gasteiger partial charge in [-0.1, -0.05) is 12.2 Å². The van der Waals surface area contributed by atoms with Crippen molar-refractivity contribution in [1.29, 1.82) is 0 Å². The van der Waals surface area contributed by atoms with E-state index in [2.05, 4.69) is 17.5 Å². The molecule has 1 aromatic heterocycles. The third kappa shape index (κ3) is 3.48. The molecule has 1 saturated carbocycles. The van der Waals surface area contributed by atoms with E-state index < -0.39 is 0 Å². The van der Waals surface area contributed by atoms with E-state index in [1.54, 1.807) is 6.26 Å². The zero-order chi connectivity index (χ0) is 12.9. The Kier molecular flexibility index (Phi) is 4.36. The number of furan rings is 1. The van der Waals surface area contributed by atoms with Crippen molar-refractivity contribution in [1.82, 2.24) is 5.32 Å². The van der Waals surface area contributed by atoms with Crippen LogP contribution in [0.4, 0.5) is 0 Å². The number of fused-ring (bicyclic) bond motifs is 2. The molecule has 0 amide bonds. The van der Waals surface area contributed by atoms with E-state index in [9.17, 15) is 0 Å². The first-order valence-electron chi connectivity index (χ1n) is 7.41. The van der Waals surface area contributed by atoms with Gasteiger partial charge >= 0.3 is 0 Å². The third-order valence-electron chi connectivity index (χ3n) is 4.29. The van der Waals surface area contributed by atoms with Crippen LogP contribution < -0.4 is 5.32 Å². The van der Waals surface area contributed by atoms with E-state index in [0.717, 1.165) is 43.1 Å². The van der Waals surface area contributed by atoms with Crippen molar-refractivity contribution in [2.75, 3.05) is 19.7 Å². The summed E-state index contributed by atoms with van der Waals surface area (Å²) in [6, 6.07) is 3.84. The SMILES string of the molecule is C1=CC2CC1CC2CNCCCOCc1ccco1. The molecule has 3 rings (SSSR count). The molecule has 0 radical (unpaired) electrons. The number of allylic oxidation sites excluding steroid dienone is 2. The predicted molar refractivity (Wildman–Crippen MR) is 74.7 cm³/mol. The minimum atomic E-state index is 0.587. The summed E-state index contributed by atoms with van der Waals surface area (Å²) in [4.78, 5) is 0. The Labute approximate surface area is 115 Å². The van der Waals surface area contributed by atoms with Gasteiger partial charge in [-0.2, -0.15) is 0 Å². The first-order valence-corrected chi connectivity index (χ1v) is 7.41. The van der Waals surface area contributed by atoms with E-state index in [1.165, 1.54) is 19.4 Å². The van der Waals surface area contributed by atoms with Gasteiger partial charge in [0.2, 0.25) is 0 Å². The van der Waals surface area contributed by atoms with E-state index in [-0.39, 0.29) is 0 Å². The van der Waals surface area contributed by atoms with E-state index in [0.29, 0.717) is 6.61 Å². The highest BCUT2D eigenvalue weighted by Gasteiger charge is 2.34. The summed E-state index contributed by atoms with van der Waals surface area (Å²) >= 11 is 0. The molecule has 3 heteroatoms. The summed E-state index contributed by atoms with van der Waals surface area (Å²) < 4.78 is 10.8. The Morgan fingerprint density at radius 1 is 1.32 bits per heavy atom. The highest BCUT2D eigenvalue weighted by atomic mass is 16.5. The van der Waals surface area contributed by atoms with Gasteiger partial charge in [-0.3, -0.25) is 0 Å². The molecular weight excluding hydrogens is 238 g/mol. The van der Waals surface area contributed by atoms with Crippen LogP contribution in [0.3, 0.4) is 0 Å². The van der Waals surface area contributed by atoms with Crippen molar-refractivity contribution in [3.8, 4) is 0 Å². The lowest BCUT2D eigenvalue weighted by Crippen LogP contribution is -2.26. The fourth-order valence-corrected chi connectivity index (χ4v) is 3.28. The standard InChI is InChI=1S/C16H23NO2/c1-3-16(19-8-1)12-18-7-2-6-17-11-15-10-13-4-5-14(15)9-13/h1,3-5,8,13-15,17H,2,6-7,9-12H2. The van der Waals surface area contributed by atoms with Crippen LogP contribution in [0.5, 0.6) is 0 Å². The molecule has 2 aliphatic rings. The average molecular weight is 261 g/mol. The molecular formula is C16H23NO2. The summed E-state index contributed by atoms with van der Waals surface area (Å²) in [6.45, 7) is 3.61. The van der Waals surface area contributed by atoms with Crippen LogP contribution in [0, 0.1) is 17.8 Å². The molecule has 2 bridgehead atoms. The topological polar surface area (TPSA) is 34.4 Å². The minimum Gasteiger partial charge on any atom is -0.467 e. The van der Waals surface area contributed by atoms with Crippen LogP contribution in [-0.2, 0) is 11.3 Å². The second-order valence-electron chi connectivity index (χ2n) is 5.73. The molecule has 3 unspecified atom stereocenters. The van der Waals surface area contributed by atoms with Gasteiger partial charge in [0.1, 0.15) is 12.4 Å². The zero-order valence-corrected chi connectivity index (χ0v) is 11.4. The number of hydrogen-bond acceptors (Lipinski definition) is 3. The lowest BCUT2D eigenvalue weighted by molar-refractivity contribution is 0.104. The van der Waals surface area contributed by atoms with Crippen molar-refractivity contribution in [2.45, 2.75) is 25.9 Å². The number of hydrogen-bond donors (Lipinski definition) is 1. The molecule has 2 aliphatic carbocycles. The zero-order valence-electron chi connectivity index (χ0n) is 11.4. The molecule has 3 atom stereocenters. The van der Waals surface area contributed by atoms with Gasteiger partial charge in [-0.15, -0.1) is 0 Å². The molecule has 0 saturated heterocycles. The van der Waals surface area contributed by atoms with Crippen molar-refractivity contribution >= 4 is 0 Å². The van der Waals surface area contributed by atoms with Crippen LogP contribution in [-0.4, -0.2) is 19.7 Å². The summed E-state index contributed by atoms with van der Waals surface area (Å²) in [5, 5.41) is 3.57. The highest BCUT2D eigenvalue weighted by Crippen LogP contribution is 2.42. The molecule has 1 fully saturated rings. The molecule has 0 aromatic carbocycles. The fraction of sp³-hybridized carbons (Fsp3) is 0.625. The van der Waals surface area contributed by atoms with Gasteiger partial charge in [0, 0.05) is 6.61 Å². The van der Waals surface area contributed by atoms with E-state index in [1.807, 2.05) is 12.1 Å². The Morgan fingerprint density at radius 3 is 3.05 bits per heavy atom. The lowest BCUT2D eigenvalue weighted by atomic mass is 9.94. The maximum absolute atomic E-state index is 5.55. The first kappa shape index (κ1) is 12.9. The van der Waals surface area contributed by atoms with Gasteiger partial charge < -0.3 is 14.5 Å². The molecule has 1 N–H and O–H groups in total. The van der Waals surface area contributed by atoms with Crippen LogP contribution in [0.25, 0.3) is 0 Å². The molecule has 3 nitrogen and oxygen atoms in total. The Balaban J connectivity index is 1.19. The Hall–Kier alpha value is -1.06. The van der Waals surface area contributed by atoms with Crippen molar-refractivity contribution in [2.24, 2.45) is 17.8 Å². The van der Waals surface area contributed by atoms with Crippen LogP contribution in [0.15, 0.2) is 35.0 Å². The fourth-order valence-electron chi connectivity index (χ4n) is 3.28. The first-order chi connectivity index (χ1) is 9.42. The Bertz CT molecular complexity index is 399. The predicted octanol–water partition coefficient (Wildman–Crippen LogP) is 2.99. The number of ether oxygens (including phenoxy) is 1. The number of nitrogens with one attached hydrogen (secondary N) is 1. The Morgan fingerprint density at radius 2 is 2.32 bits per heavy atom. The van der Waals surface area contributed by atoms with Gasteiger partial charge in [-0.25, -0.2) is 0 Å². The quantitative estimate of drug-likeness (QED) is 0.577. The van der Waals surface area contributed by atoms with Crippen molar-refractivity contribution in [3.05, 3.63) is 36.3 Å². The van der Waals surface area contributed by atoms with Gasteiger partial charge in [0.25, 0.3) is 0 Å². The maximum atomic E-state index is 5.55. The summed E-state index contributed by atoms with van der Waals surface area (Å²) in [5.41, 5.74) is 0. The maximum Gasteiger partial charge on any atom is 0.129 e. The molecule has 1 heterocycles. The van der Waals surface area contributed by atoms with Gasteiger partial charge in [-0.05, 0) is 62.2 Å². The smallest absolute Gasteiger partial charge is 0.129 e. The normalized spacial score (nSPS) is 28.3. The number of rotatable bonds is 8. The lowest BCUT2D eigenvalue weighted by Gasteiger charge is -2.18. The van der Waals surface area contributed by atoms with E-state index in [4.69, 9.17) is 9.15 Å². The van der Waals surface area contributed by atoms with Gasteiger partial charge in [0.05, 0.1) is 6.26 Å². The third-order valence-corrected chi connectivity index (χ3v) is 4.29. The second kappa shape index (κ2) is 6.40. The second-order valence-corrected chi connectivity index (χ2v) is 5.73. The summed E-state index contributed by atoms with van der Waals surface area (Å²) in [6.07, 6.45) is 10.4. The monoisotopic (exact) mass is 261 g/mol. The molecule has 1 aromatic rings. The largest absolute Gasteiger partial charge is 0.467 e.